The first-order valence-corrected chi connectivity index (χ1v) is 9.95. The maximum absolute atomic E-state index is 12.9. The zero-order valence-electron chi connectivity index (χ0n) is 17.1. The first kappa shape index (κ1) is 20.2. The summed E-state index contributed by atoms with van der Waals surface area (Å²) in [6.07, 6.45) is -0.869. The van der Waals surface area contributed by atoms with Gasteiger partial charge in [-0.05, 0) is 12.1 Å². The van der Waals surface area contributed by atoms with Crippen molar-refractivity contribution >= 4 is 17.1 Å². The van der Waals surface area contributed by atoms with E-state index in [0.29, 0.717) is 36.0 Å². The SMILES string of the molecule is Cn1c(=O)c2c(nc(N3CCNCC3)n2C[C@H](O)COc2ccccc2)n(C)c1=O. The first-order valence-electron chi connectivity index (χ1n) is 9.95. The highest BCUT2D eigenvalue weighted by atomic mass is 16.5. The molecule has 0 saturated carbocycles. The Morgan fingerprint density at radius 2 is 1.83 bits per heavy atom. The second-order valence-electron chi connectivity index (χ2n) is 7.42. The van der Waals surface area contributed by atoms with Gasteiger partial charge in [-0.25, -0.2) is 4.79 Å². The lowest BCUT2D eigenvalue weighted by Crippen LogP contribution is -2.45. The van der Waals surface area contributed by atoms with Gasteiger partial charge in [-0.15, -0.1) is 0 Å². The molecule has 0 radical (unpaired) electrons. The fourth-order valence-electron chi connectivity index (χ4n) is 3.69. The molecule has 2 aromatic heterocycles. The van der Waals surface area contributed by atoms with Gasteiger partial charge in [-0.3, -0.25) is 13.9 Å². The van der Waals surface area contributed by atoms with Gasteiger partial charge in [0.05, 0.1) is 6.54 Å². The largest absolute Gasteiger partial charge is 0.491 e. The number of para-hydroxylation sites is 1. The fraction of sp³-hybridized carbons (Fsp3) is 0.450. The molecule has 10 nitrogen and oxygen atoms in total. The van der Waals surface area contributed by atoms with Crippen LogP contribution in [0.4, 0.5) is 5.95 Å². The Kier molecular flexibility index (Phi) is 5.60. The summed E-state index contributed by atoms with van der Waals surface area (Å²) >= 11 is 0. The van der Waals surface area contributed by atoms with Crippen molar-refractivity contribution in [1.82, 2.24) is 24.0 Å². The maximum Gasteiger partial charge on any atom is 0.332 e. The summed E-state index contributed by atoms with van der Waals surface area (Å²) < 4.78 is 9.81. The van der Waals surface area contributed by atoms with Crippen molar-refractivity contribution in [2.75, 3.05) is 37.7 Å². The van der Waals surface area contributed by atoms with Gasteiger partial charge in [0.15, 0.2) is 11.2 Å². The summed E-state index contributed by atoms with van der Waals surface area (Å²) in [6.45, 7) is 3.20. The van der Waals surface area contributed by atoms with Gasteiger partial charge < -0.3 is 24.6 Å². The van der Waals surface area contributed by atoms with Crippen LogP contribution >= 0.6 is 0 Å². The minimum atomic E-state index is -0.869. The molecule has 1 saturated heterocycles. The van der Waals surface area contributed by atoms with E-state index in [0.717, 1.165) is 17.7 Å². The van der Waals surface area contributed by atoms with Crippen molar-refractivity contribution in [3.8, 4) is 5.75 Å². The molecule has 1 aromatic carbocycles. The molecular formula is C20H26N6O4. The molecule has 3 heterocycles. The highest BCUT2D eigenvalue weighted by Gasteiger charge is 2.25. The van der Waals surface area contributed by atoms with Crippen molar-refractivity contribution in [3.63, 3.8) is 0 Å². The summed E-state index contributed by atoms with van der Waals surface area (Å²) in [4.78, 5) is 32.0. The molecule has 160 valence electrons. The number of benzene rings is 1. The summed E-state index contributed by atoms with van der Waals surface area (Å²) in [6, 6.07) is 9.24. The third-order valence-corrected chi connectivity index (χ3v) is 5.31. The molecule has 2 N–H and O–H groups in total. The van der Waals surface area contributed by atoms with Crippen LogP contribution in [0.25, 0.3) is 11.2 Å². The number of aromatic nitrogens is 4. The lowest BCUT2D eigenvalue weighted by Gasteiger charge is -2.29. The van der Waals surface area contributed by atoms with E-state index in [2.05, 4.69) is 15.2 Å². The average Bonchev–Trinajstić information content (AvgIpc) is 3.15. The second-order valence-corrected chi connectivity index (χ2v) is 7.42. The molecule has 3 aromatic rings. The number of rotatable bonds is 6. The highest BCUT2D eigenvalue weighted by Crippen LogP contribution is 2.21. The number of aryl methyl sites for hydroxylation is 1. The Hall–Kier alpha value is -3.11. The number of nitrogens with one attached hydrogen (secondary N) is 1. The van der Waals surface area contributed by atoms with Crippen LogP contribution in [0.3, 0.4) is 0 Å². The van der Waals surface area contributed by atoms with Gasteiger partial charge in [-0.1, -0.05) is 18.2 Å². The molecule has 0 spiro atoms. The van der Waals surface area contributed by atoms with Crippen LogP contribution in [0.15, 0.2) is 39.9 Å². The number of aliphatic hydroxyl groups excluding tert-OH is 1. The maximum atomic E-state index is 12.9. The average molecular weight is 414 g/mol. The standard InChI is InChI=1S/C20H26N6O4/c1-23-17-16(18(28)24(2)20(23)29)26(19(22-17)25-10-8-21-9-11-25)12-14(27)13-30-15-6-4-3-5-7-15/h3-7,14,21,27H,8-13H2,1-2H3/t14-/m0/s1. The van der Waals surface area contributed by atoms with Crippen LogP contribution in [0.2, 0.25) is 0 Å². The minimum Gasteiger partial charge on any atom is -0.491 e. The van der Waals surface area contributed by atoms with E-state index in [1.807, 2.05) is 30.3 Å². The van der Waals surface area contributed by atoms with E-state index in [1.165, 1.54) is 11.6 Å². The second kappa shape index (κ2) is 8.33. The zero-order valence-corrected chi connectivity index (χ0v) is 17.1. The molecule has 0 amide bonds. The van der Waals surface area contributed by atoms with Crippen LogP contribution in [0.5, 0.6) is 5.75 Å². The van der Waals surface area contributed by atoms with Gasteiger partial charge >= 0.3 is 5.69 Å². The Morgan fingerprint density at radius 1 is 1.13 bits per heavy atom. The zero-order chi connectivity index (χ0) is 21.3. The van der Waals surface area contributed by atoms with E-state index in [4.69, 9.17) is 4.74 Å². The quantitative estimate of drug-likeness (QED) is 0.548. The van der Waals surface area contributed by atoms with Crippen LogP contribution in [0.1, 0.15) is 0 Å². The van der Waals surface area contributed by atoms with Crippen molar-refractivity contribution in [2.45, 2.75) is 12.6 Å². The molecule has 4 rings (SSSR count). The number of nitrogens with zero attached hydrogens (tertiary/aromatic N) is 5. The van der Waals surface area contributed by atoms with E-state index in [9.17, 15) is 14.7 Å². The van der Waals surface area contributed by atoms with Crippen molar-refractivity contribution in [1.29, 1.82) is 0 Å². The molecule has 1 aliphatic heterocycles. The van der Waals surface area contributed by atoms with Crippen molar-refractivity contribution < 1.29 is 9.84 Å². The monoisotopic (exact) mass is 414 g/mol. The summed E-state index contributed by atoms with van der Waals surface area (Å²) in [7, 11) is 3.04. The molecule has 10 heteroatoms. The van der Waals surface area contributed by atoms with Crippen LogP contribution in [-0.2, 0) is 20.6 Å². The lowest BCUT2D eigenvalue weighted by atomic mass is 10.3. The number of aliphatic hydroxyl groups is 1. The van der Waals surface area contributed by atoms with Crippen LogP contribution in [0, 0.1) is 0 Å². The first-order chi connectivity index (χ1) is 14.5. The number of imidazole rings is 1. The topological polar surface area (TPSA) is 107 Å². The van der Waals surface area contributed by atoms with Gasteiger partial charge in [0.1, 0.15) is 18.5 Å². The molecule has 1 aliphatic rings. The summed E-state index contributed by atoms with van der Waals surface area (Å²) in [5.74, 6) is 1.23. The lowest BCUT2D eigenvalue weighted by molar-refractivity contribution is 0.0936. The number of ether oxygens (including phenoxy) is 1. The number of piperazine rings is 1. The van der Waals surface area contributed by atoms with Crippen LogP contribution in [-0.4, -0.2) is 62.7 Å². The number of hydrogen-bond acceptors (Lipinski definition) is 7. The highest BCUT2D eigenvalue weighted by molar-refractivity contribution is 5.74. The Bertz CT molecular complexity index is 1140. The van der Waals surface area contributed by atoms with E-state index >= 15 is 0 Å². The Morgan fingerprint density at radius 3 is 2.53 bits per heavy atom. The van der Waals surface area contributed by atoms with E-state index < -0.39 is 17.4 Å². The molecule has 0 aliphatic carbocycles. The summed E-state index contributed by atoms with van der Waals surface area (Å²) in [5.41, 5.74) is -0.255. The predicted octanol–water partition coefficient (Wildman–Crippen LogP) is -0.717. The molecule has 0 bridgehead atoms. The molecule has 1 atom stereocenters. The van der Waals surface area contributed by atoms with Crippen molar-refractivity contribution in [3.05, 3.63) is 51.2 Å². The van der Waals surface area contributed by atoms with Crippen molar-refractivity contribution in [2.24, 2.45) is 14.1 Å². The number of anilines is 1. The number of fused-ring (bicyclic) bond motifs is 1. The van der Waals surface area contributed by atoms with E-state index in [-0.39, 0.29) is 13.2 Å². The molecule has 1 fully saturated rings. The minimum absolute atomic E-state index is 0.0662. The Labute approximate surface area is 172 Å². The van der Waals surface area contributed by atoms with Gasteiger partial charge in [0.2, 0.25) is 5.95 Å². The third kappa shape index (κ3) is 3.71. The summed E-state index contributed by atoms with van der Waals surface area (Å²) in [5, 5.41) is 14.0. The van der Waals surface area contributed by atoms with Crippen LogP contribution < -0.4 is 26.2 Å². The third-order valence-electron chi connectivity index (χ3n) is 5.31. The Balaban J connectivity index is 1.72. The van der Waals surface area contributed by atoms with E-state index in [1.54, 1.807) is 11.6 Å². The van der Waals surface area contributed by atoms with Gasteiger partial charge in [-0.2, -0.15) is 4.98 Å². The normalized spacial score (nSPS) is 15.5. The number of hydrogen-bond donors (Lipinski definition) is 2. The predicted molar refractivity (Wildman–Crippen MR) is 113 cm³/mol. The smallest absolute Gasteiger partial charge is 0.332 e. The van der Waals surface area contributed by atoms with Gasteiger partial charge in [0, 0.05) is 40.3 Å². The van der Waals surface area contributed by atoms with Gasteiger partial charge in [0.25, 0.3) is 5.56 Å². The fourth-order valence-corrected chi connectivity index (χ4v) is 3.69. The molecule has 30 heavy (non-hydrogen) atoms. The molecular weight excluding hydrogens is 388 g/mol. The molecule has 0 unspecified atom stereocenters.